The second kappa shape index (κ2) is 11.5. The molecule has 0 saturated heterocycles. The molecular weight excluding hydrogens is 547 g/mol. The summed E-state index contributed by atoms with van der Waals surface area (Å²) in [6.45, 7) is 4.62. The summed E-state index contributed by atoms with van der Waals surface area (Å²) in [5.74, 6) is -1.16. The standard InChI is InChI=1S/C35H37FN2O5/c1-35(2)13-11-23-15-22(16-27(36)31(23)35)17-29(39)32-26-9-10-30(42-3)37-28(26)12-14-38(32)33(40)24-18-25(19-24)34(41)43-20-21-7-5-4-6-8-21/h4-10,15-16,24-25,32H,11-14,17-20H2,1-3H3. The first-order chi connectivity index (χ1) is 20.6. The van der Waals surface area contributed by atoms with Gasteiger partial charge in [0.05, 0.1) is 18.7 Å². The van der Waals surface area contributed by atoms with Gasteiger partial charge in [0, 0.05) is 36.9 Å². The van der Waals surface area contributed by atoms with E-state index in [-0.39, 0.29) is 53.8 Å². The molecule has 3 aliphatic rings. The molecule has 0 radical (unpaired) electrons. The van der Waals surface area contributed by atoms with Crippen LogP contribution in [0, 0.1) is 17.7 Å². The molecule has 1 atom stereocenters. The molecule has 0 N–H and O–H groups in total. The number of ketones is 1. The van der Waals surface area contributed by atoms with Crippen molar-refractivity contribution < 1.29 is 28.2 Å². The Balaban J connectivity index is 1.19. The first-order valence-electron chi connectivity index (χ1n) is 15.0. The van der Waals surface area contributed by atoms with E-state index in [1.807, 2.05) is 50.2 Å². The number of aromatic nitrogens is 1. The lowest BCUT2D eigenvalue weighted by molar-refractivity contribution is -0.159. The third kappa shape index (κ3) is 5.67. The third-order valence-corrected chi connectivity index (χ3v) is 9.33. The Morgan fingerprint density at radius 3 is 2.51 bits per heavy atom. The molecule has 2 heterocycles. The summed E-state index contributed by atoms with van der Waals surface area (Å²) in [6.07, 6.45) is 2.92. The number of fused-ring (bicyclic) bond motifs is 2. The maximum absolute atomic E-state index is 15.2. The number of Topliss-reactive ketones (excluding diaryl/α,β-unsaturated/α-hetero) is 1. The molecule has 224 valence electrons. The summed E-state index contributed by atoms with van der Waals surface area (Å²) < 4.78 is 26.0. The molecule has 43 heavy (non-hydrogen) atoms. The largest absolute Gasteiger partial charge is 0.481 e. The Kier molecular flexibility index (Phi) is 7.79. The number of nitrogens with zero attached hydrogens (tertiary/aromatic N) is 2. The number of carbonyl (C=O) groups is 3. The van der Waals surface area contributed by atoms with Gasteiger partial charge in [-0.05, 0) is 65.5 Å². The zero-order valence-corrected chi connectivity index (χ0v) is 24.9. The number of ether oxygens (including phenoxy) is 2. The third-order valence-electron chi connectivity index (χ3n) is 9.33. The van der Waals surface area contributed by atoms with E-state index in [0.717, 1.165) is 35.2 Å². The Morgan fingerprint density at radius 1 is 1.00 bits per heavy atom. The van der Waals surface area contributed by atoms with Gasteiger partial charge >= 0.3 is 5.97 Å². The van der Waals surface area contributed by atoms with Crippen molar-refractivity contribution in [2.24, 2.45) is 11.8 Å². The summed E-state index contributed by atoms with van der Waals surface area (Å²) in [5, 5.41) is 0. The summed E-state index contributed by atoms with van der Waals surface area (Å²) in [6, 6.07) is 15.6. The summed E-state index contributed by atoms with van der Waals surface area (Å²) >= 11 is 0. The molecule has 1 fully saturated rings. The highest BCUT2D eigenvalue weighted by molar-refractivity contribution is 5.93. The van der Waals surface area contributed by atoms with E-state index in [4.69, 9.17) is 9.47 Å². The summed E-state index contributed by atoms with van der Waals surface area (Å²) in [5.41, 5.74) is 4.38. The Hall–Kier alpha value is -4.07. The fraction of sp³-hybridized carbons (Fsp3) is 0.429. The molecule has 1 aromatic heterocycles. The van der Waals surface area contributed by atoms with Crippen molar-refractivity contribution in [1.82, 2.24) is 9.88 Å². The molecule has 8 heteroatoms. The number of esters is 1. The lowest BCUT2D eigenvalue weighted by Gasteiger charge is -2.41. The number of hydrogen-bond donors (Lipinski definition) is 0. The van der Waals surface area contributed by atoms with Crippen LogP contribution < -0.4 is 4.74 Å². The van der Waals surface area contributed by atoms with E-state index >= 15 is 4.39 Å². The van der Waals surface area contributed by atoms with Crippen molar-refractivity contribution in [2.75, 3.05) is 13.7 Å². The van der Waals surface area contributed by atoms with Gasteiger partial charge in [0.15, 0.2) is 5.78 Å². The van der Waals surface area contributed by atoms with Crippen molar-refractivity contribution in [3.05, 3.63) is 93.9 Å². The van der Waals surface area contributed by atoms with Crippen LogP contribution in [0.3, 0.4) is 0 Å². The van der Waals surface area contributed by atoms with Gasteiger partial charge < -0.3 is 14.4 Å². The fourth-order valence-corrected chi connectivity index (χ4v) is 6.91. The van der Waals surface area contributed by atoms with Gasteiger partial charge in [-0.3, -0.25) is 14.4 Å². The molecule has 1 saturated carbocycles. The lowest BCUT2D eigenvalue weighted by Crippen LogP contribution is -2.50. The van der Waals surface area contributed by atoms with Gasteiger partial charge in [0.2, 0.25) is 11.8 Å². The zero-order chi connectivity index (χ0) is 30.3. The highest BCUT2D eigenvalue weighted by Crippen LogP contribution is 2.42. The number of carbonyl (C=O) groups excluding carboxylic acids is 3. The number of pyridine rings is 1. The number of methoxy groups -OCH3 is 1. The SMILES string of the molecule is COc1ccc2c(n1)CCN(C(=O)C1CC(C(=O)OCc3ccccc3)C1)C2C(=O)Cc1cc(F)c2c(c1)CCC2(C)C. The van der Waals surface area contributed by atoms with Crippen LogP contribution in [-0.4, -0.2) is 41.2 Å². The molecular formula is C35H37FN2O5. The number of aryl methyl sites for hydroxylation is 1. The Labute approximate surface area is 251 Å². The Bertz CT molecular complexity index is 1560. The number of rotatable bonds is 8. The van der Waals surface area contributed by atoms with Crippen LogP contribution >= 0.6 is 0 Å². The van der Waals surface area contributed by atoms with Gasteiger partial charge in [-0.2, -0.15) is 0 Å². The van der Waals surface area contributed by atoms with Crippen molar-refractivity contribution in [3.8, 4) is 5.88 Å². The van der Waals surface area contributed by atoms with Gasteiger partial charge in [-0.15, -0.1) is 0 Å². The molecule has 3 aromatic rings. The van der Waals surface area contributed by atoms with E-state index in [9.17, 15) is 14.4 Å². The molecule has 1 aliphatic heterocycles. The second-order valence-corrected chi connectivity index (χ2v) is 12.7. The predicted octanol–water partition coefficient (Wildman–Crippen LogP) is 5.46. The topological polar surface area (TPSA) is 85.8 Å². The highest BCUT2D eigenvalue weighted by atomic mass is 19.1. The van der Waals surface area contributed by atoms with E-state index in [2.05, 4.69) is 4.98 Å². The van der Waals surface area contributed by atoms with Crippen molar-refractivity contribution in [3.63, 3.8) is 0 Å². The average Bonchev–Trinajstić information content (AvgIpc) is 3.29. The fourth-order valence-electron chi connectivity index (χ4n) is 6.91. The van der Waals surface area contributed by atoms with Gasteiger partial charge in [-0.1, -0.05) is 50.2 Å². The summed E-state index contributed by atoms with van der Waals surface area (Å²) in [4.78, 5) is 46.7. The monoisotopic (exact) mass is 584 g/mol. The molecule has 0 bridgehead atoms. The minimum Gasteiger partial charge on any atom is -0.481 e. The van der Waals surface area contributed by atoms with Crippen LogP contribution in [0.25, 0.3) is 0 Å². The van der Waals surface area contributed by atoms with Gasteiger partial charge in [0.25, 0.3) is 0 Å². The van der Waals surface area contributed by atoms with E-state index in [0.29, 0.717) is 42.8 Å². The first kappa shape index (κ1) is 29.0. The zero-order valence-electron chi connectivity index (χ0n) is 24.9. The molecule has 2 aromatic carbocycles. The van der Waals surface area contributed by atoms with E-state index in [1.54, 1.807) is 17.0 Å². The second-order valence-electron chi connectivity index (χ2n) is 12.7. The molecule has 7 nitrogen and oxygen atoms in total. The van der Waals surface area contributed by atoms with Crippen LogP contribution in [0.2, 0.25) is 0 Å². The minimum absolute atomic E-state index is 0.00362. The number of hydrogen-bond acceptors (Lipinski definition) is 6. The smallest absolute Gasteiger partial charge is 0.309 e. The molecule has 0 spiro atoms. The highest BCUT2D eigenvalue weighted by Gasteiger charge is 2.45. The predicted molar refractivity (Wildman–Crippen MR) is 158 cm³/mol. The number of amides is 1. The molecule has 1 unspecified atom stereocenters. The average molecular weight is 585 g/mol. The maximum Gasteiger partial charge on any atom is 0.309 e. The Morgan fingerprint density at radius 2 is 1.77 bits per heavy atom. The first-order valence-corrected chi connectivity index (χ1v) is 15.0. The van der Waals surface area contributed by atoms with Crippen molar-refractivity contribution >= 4 is 17.7 Å². The maximum atomic E-state index is 15.2. The van der Waals surface area contributed by atoms with Crippen LogP contribution in [0.4, 0.5) is 4.39 Å². The van der Waals surface area contributed by atoms with Crippen molar-refractivity contribution in [2.45, 2.75) is 70.4 Å². The minimum atomic E-state index is -0.841. The quantitative estimate of drug-likeness (QED) is 0.327. The van der Waals surface area contributed by atoms with Crippen LogP contribution in [-0.2, 0) is 50.4 Å². The molecule has 2 aliphatic carbocycles. The normalized spacial score (nSPS) is 21.8. The van der Waals surface area contributed by atoms with E-state index < -0.39 is 6.04 Å². The van der Waals surface area contributed by atoms with Crippen LogP contribution in [0.1, 0.15) is 72.7 Å². The molecule has 6 rings (SSSR count). The number of benzene rings is 2. The van der Waals surface area contributed by atoms with Crippen LogP contribution in [0.15, 0.2) is 54.6 Å². The number of halogens is 1. The van der Waals surface area contributed by atoms with Gasteiger partial charge in [-0.25, -0.2) is 9.37 Å². The van der Waals surface area contributed by atoms with Crippen LogP contribution in [0.5, 0.6) is 5.88 Å². The lowest BCUT2D eigenvalue weighted by atomic mass is 9.73. The molecule has 1 amide bonds. The van der Waals surface area contributed by atoms with Crippen molar-refractivity contribution in [1.29, 1.82) is 0 Å². The summed E-state index contributed by atoms with van der Waals surface area (Å²) in [7, 11) is 1.54. The van der Waals surface area contributed by atoms with Gasteiger partial charge in [0.1, 0.15) is 18.5 Å². The van der Waals surface area contributed by atoms with E-state index in [1.165, 1.54) is 13.2 Å².